The summed E-state index contributed by atoms with van der Waals surface area (Å²) in [6, 6.07) is 9.56. The van der Waals surface area contributed by atoms with E-state index in [1.165, 1.54) is 6.39 Å². The summed E-state index contributed by atoms with van der Waals surface area (Å²) in [6.07, 6.45) is 1.91. The molecule has 0 saturated carbocycles. The van der Waals surface area contributed by atoms with Crippen molar-refractivity contribution in [2.75, 3.05) is 7.11 Å². The molecule has 0 atom stereocenters. The van der Waals surface area contributed by atoms with Gasteiger partial charge in [-0.3, -0.25) is 4.79 Å². The van der Waals surface area contributed by atoms with Gasteiger partial charge in [0.2, 0.25) is 5.88 Å². The zero-order chi connectivity index (χ0) is 16.2. The number of nitrogens with one attached hydrogen (secondary N) is 1. The Bertz CT molecular complexity index is 842. The van der Waals surface area contributed by atoms with Gasteiger partial charge in [0.05, 0.1) is 12.6 Å². The first-order valence-electron chi connectivity index (χ1n) is 7.36. The zero-order valence-electron chi connectivity index (χ0n) is 13.0. The van der Waals surface area contributed by atoms with Crippen LogP contribution in [0.15, 0.2) is 41.1 Å². The molecule has 1 amide bonds. The quantitative estimate of drug-likeness (QED) is 0.784. The van der Waals surface area contributed by atoms with Gasteiger partial charge in [-0.05, 0) is 11.6 Å². The summed E-state index contributed by atoms with van der Waals surface area (Å²) >= 11 is 0. The Hall–Kier alpha value is -2.89. The molecule has 0 aliphatic rings. The van der Waals surface area contributed by atoms with Crippen LogP contribution in [0.4, 0.5) is 0 Å². The third-order valence-electron chi connectivity index (χ3n) is 3.60. The van der Waals surface area contributed by atoms with E-state index < -0.39 is 0 Å². The Labute approximate surface area is 133 Å². The topological polar surface area (TPSA) is 77.2 Å². The van der Waals surface area contributed by atoms with Crippen molar-refractivity contribution in [1.29, 1.82) is 0 Å². The molecule has 1 aromatic carbocycles. The number of oxazole rings is 1. The normalized spacial score (nSPS) is 10.7. The van der Waals surface area contributed by atoms with E-state index in [1.807, 2.05) is 37.3 Å². The number of ether oxygens (including phenoxy) is 1. The fraction of sp³-hybridized carbons (Fsp3) is 0.235. The van der Waals surface area contributed by atoms with Crippen molar-refractivity contribution in [3.63, 3.8) is 0 Å². The van der Waals surface area contributed by atoms with Gasteiger partial charge in [0.15, 0.2) is 12.1 Å². The molecule has 0 bridgehead atoms. The highest BCUT2D eigenvalue weighted by atomic mass is 16.5. The molecule has 0 saturated heterocycles. The maximum atomic E-state index is 12.3. The van der Waals surface area contributed by atoms with Crippen molar-refractivity contribution < 1.29 is 13.9 Å². The van der Waals surface area contributed by atoms with Gasteiger partial charge in [0.25, 0.3) is 5.91 Å². The SMILES string of the molecule is CCc1ocnc1C(=O)NCc1cc(OC)nc2ccccc12. The summed E-state index contributed by atoms with van der Waals surface area (Å²) in [6.45, 7) is 2.27. The number of hydrogen-bond donors (Lipinski definition) is 1. The molecule has 0 radical (unpaired) electrons. The lowest BCUT2D eigenvalue weighted by Crippen LogP contribution is -2.24. The van der Waals surface area contributed by atoms with Gasteiger partial charge in [-0.15, -0.1) is 0 Å². The van der Waals surface area contributed by atoms with Gasteiger partial charge >= 0.3 is 0 Å². The predicted octanol–water partition coefficient (Wildman–Crippen LogP) is 2.72. The minimum atomic E-state index is -0.254. The molecule has 6 nitrogen and oxygen atoms in total. The van der Waals surface area contributed by atoms with Crippen LogP contribution in [0.1, 0.15) is 28.7 Å². The third-order valence-corrected chi connectivity index (χ3v) is 3.60. The molecule has 0 spiro atoms. The van der Waals surface area contributed by atoms with Crippen LogP contribution in [-0.2, 0) is 13.0 Å². The number of rotatable bonds is 5. The number of carbonyl (C=O) groups excluding carboxylic acids is 1. The number of hydrogen-bond acceptors (Lipinski definition) is 5. The smallest absolute Gasteiger partial charge is 0.273 e. The number of methoxy groups -OCH3 is 1. The average molecular weight is 311 g/mol. The molecule has 2 aromatic heterocycles. The molecule has 1 N–H and O–H groups in total. The molecular weight excluding hydrogens is 294 g/mol. The second kappa shape index (κ2) is 6.48. The van der Waals surface area contributed by atoms with Crippen molar-refractivity contribution in [3.8, 4) is 5.88 Å². The van der Waals surface area contributed by atoms with Gasteiger partial charge in [-0.25, -0.2) is 9.97 Å². The van der Waals surface area contributed by atoms with Crippen molar-refractivity contribution in [2.24, 2.45) is 0 Å². The Balaban J connectivity index is 1.85. The minimum Gasteiger partial charge on any atom is -0.481 e. The van der Waals surface area contributed by atoms with Crippen LogP contribution in [0.5, 0.6) is 5.88 Å². The number of para-hydroxylation sites is 1. The molecule has 0 fully saturated rings. The summed E-state index contributed by atoms with van der Waals surface area (Å²) in [4.78, 5) is 20.6. The zero-order valence-corrected chi connectivity index (χ0v) is 13.0. The summed E-state index contributed by atoms with van der Waals surface area (Å²) in [7, 11) is 1.57. The first-order chi connectivity index (χ1) is 11.2. The standard InChI is InChI=1S/C17H17N3O3/c1-3-14-16(19-10-23-14)17(21)18-9-11-8-15(22-2)20-13-7-5-4-6-12(11)13/h4-8,10H,3,9H2,1-2H3,(H,18,21). The lowest BCUT2D eigenvalue weighted by Gasteiger charge is -2.10. The Morgan fingerprint density at radius 1 is 1.35 bits per heavy atom. The third kappa shape index (κ3) is 3.01. The van der Waals surface area contributed by atoms with E-state index in [2.05, 4.69) is 15.3 Å². The molecule has 6 heteroatoms. The second-order valence-electron chi connectivity index (χ2n) is 5.00. The number of aromatic nitrogens is 2. The lowest BCUT2D eigenvalue weighted by molar-refractivity contribution is 0.0944. The molecule has 0 aliphatic carbocycles. The predicted molar refractivity (Wildman–Crippen MR) is 85.3 cm³/mol. The first-order valence-corrected chi connectivity index (χ1v) is 7.36. The number of carbonyl (C=O) groups is 1. The number of nitrogens with zero attached hydrogens (tertiary/aromatic N) is 2. The summed E-state index contributed by atoms with van der Waals surface area (Å²) < 4.78 is 10.4. The Morgan fingerprint density at radius 3 is 2.96 bits per heavy atom. The summed E-state index contributed by atoms with van der Waals surface area (Å²) in [5.41, 5.74) is 2.09. The maximum absolute atomic E-state index is 12.3. The largest absolute Gasteiger partial charge is 0.481 e. The van der Waals surface area contributed by atoms with Crippen LogP contribution in [0.2, 0.25) is 0 Å². The van der Waals surface area contributed by atoms with Gasteiger partial charge < -0.3 is 14.5 Å². The summed E-state index contributed by atoms with van der Waals surface area (Å²) in [5.74, 6) is 0.846. The van der Waals surface area contributed by atoms with Crippen molar-refractivity contribution in [3.05, 3.63) is 53.7 Å². The van der Waals surface area contributed by atoms with Gasteiger partial charge in [-0.2, -0.15) is 0 Å². The molecule has 3 rings (SSSR count). The number of pyridine rings is 1. The average Bonchev–Trinajstić information content (AvgIpc) is 3.07. The molecule has 3 aromatic rings. The minimum absolute atomic E-state index is 0.254. The first kappa shape index (κ1) is 15.0. The van der Waals surface area contributed by atoms with Gasteiger partial charge in [0, 0.05) is 24.4 Å². The van der Waals surface area contributed by atoms with Crippen LogP contribution in [-0.4, -0.2) is 23.0 Å². The van der Waals surface area contributed by atoms with Crippen LogP contribution in [0.3, 0.4) is 0 Å². The van der Waals surface area contributed by atoms with E-state index >= 15 is 0 Å². The highest BCUT2D eigenvalue weighted by molar-refractivity contribution is 5.93. The molecule has 118 valence electrons. The maximum Gasteiger partial charge on any atom is 0.273 e. The molecule has 23 heavy (non-hydrogen) atoms. The van der Waals surface area contributed by atoms with Crippen LogP contribution < -0.4 is 10.1 Å². The van der Waals surface area contributed by atoms with Crippen molar-refractivity contribution in [1.82, 2.24) is 15.3 Å². The molecule has 0 unspecified atom stereocenters. The lowest BCUT2D eigenvalue weighted by atomic mass is 10.1. The Morgan fingerprint density at radius 2 is 2.17 bits per heavy atom. The van der Waals surface area contributed by atoms with E-state index in [-0.39, 0.29) is 5.91 Å². The molecular formula is C17H17N3O3. The van der Waals surface area contributed by atoms with E-state index in [4.69, 9.17) is 9.15 Å². The number of benzene rings is 1. The van der Waals surface area contributed by atoms with Gasteiger partial charge in [-0.1, -0.05) is 25.1 Å². The van der Waals surface area contributed by atoms with E-state index in [0.29, 0.717) is 30.3 Å². The van der Waals surface area contributed by atoms with Crippen LogP contribution >= 0.6 is 0 Å². The van der Waals surface area contributed by atoms with E-state index in [9.17, 15) is 4.79 Å². The van der Waals surface area contributed by atoms with Crippen molar-refractivity contribution >= 4 is 16.8 Å². The number of fused-ring (bicyclic) bond motifs is 1. The monoisotopic (exact) mass is 311 g/mol. The highest BCUT2D eigenvalue weighted by Crippen LogP contribution is 2.22. The van der Waals surface area contributed by atoms with E-state index in [1.54, 1.807) is 7.11 Å². The van der Waals surface area contributed by atoms with Crippen LogP contribution in [0.25, 0.3) is 10.9 Å². The van der Waals surface area contributed by atoms with Crippen LogP contribution in [0, 0.1) is 0 Å². The highest BCUT2D eigenvalue weighted by Gasteiger charge is 2.15. The molecule has 2 heterocycles. The second-order valence-corrected chi connectivity index (χ2v) is 5.00. The van der Waals surface area contributed by atoms with Gasteiger partial charge in [0.1, 0.15) is 5.76 Å². The number of aryl methyl sites for hydroxylation is 1. The fourth-order valence-electron chi connectivity index (χ4n) is 2.44. The van der Waals surface area contributed by atoms with E-state index in [0.717, 1.165) is 16.5 Å². The number of amides is 1. The Kier molecular flexibility index (Phi) is 4.23. The molecule has 0 aliphatic heterocycles. The fourth-order valence-corrected chi connectivity index (χ4v) is 2.44. The summed E-state index contributed by atoms with van der Waals surface area (Å²) in [5, 5.41) is 3.85. The van der Waals surface area contributed by atoms with Crippen molar-refractivity contribution in [2.45, 2.75) is 19.9 Å².